The van der Waals surface area contributed by atoms with E-state index in [0.29, 0.717) is 5.02 Å². The molecule has 1 aliphatic heterocycles. The molecule has 6 nitrogen and oxygen atoms in total. The molecule has 8 heteroatoms. The topological polar surface area (TPSA) is 90.2 Å². The van der Waals surface area contributed by atoms with Crippen LogP contribution < -0.4 is 5.01 Å². The van der Waals surface area contributed by atoms with Crippen molar-refractivity contribution in [3.05, 3.63) is 28.2 Å². The van der Waals surface area contributed by atoms with E-state index in [-0.39, 0.29) is 22.8 Å². The maximum absolute atomic E-state index is 11.5. The number of benzene rings is 1. The van der Waals surface area contributed by atoms with Gasteiger partial charge >= 0.3 is 11.9 Å². The monoisotopic (exact) mass is 316 g/mol. The van der Waals surface area contributed by atoms with Gasteiger partial charge < -0.3 is 10.2 Å². The molecule has 20 heavy (non-hydrogen) atoms. The largest absolute Gasteiger partial charge is 0.479 e. The third-order valence-electron chi connectivity index (χ3n) is 3.05. The Bertz CT molecular complexity index is 632. The van der Waals surface area contributed by atoms with Crippen molar-refractivity contribution >= 4 is 46.5 Å². The van der Waals surface area contributed by atoms with Crippen molar-refractivity contribution in [3.63, 3.8) is 0 Å². The van der Waals surface area contributed by atoms with Gasteiger partial charge in [-0.05, 0) is 25.1 Å². The highest BCUT2D eigenvalue weighted by Gasteiger charge is 2.48. The summed E-state index contributed by atoms with van der Waals surface area (Å²) < 4.78 is 0. The normalized spacial score (nSPS) is 21.8. The van der Waals surface area contributed by atoms with Gasteiger partial charge in [0, 0.05) is 11.4 Å². The Hall–Kier alpha value is -1.79. The van der Waals surface area contributed by atoms with E-state index in [2.05, 4.69) is 5.10 Å². The highest BCUT2D eigenvalue weighted by molar-refractivity contribution is 6.38. The molecule has 0 saturated heterocycles. The number of halogens is 2. The van der Waals surface area contributed by atoms with Crippen molar-refractivity contribution < 1.29 is 19.8 Å². The Labute approximate surface area is 124 Å². The van der Waals surface area contributed by atoms with Gasteiger partial charge in [-0.1, -0.05) is 23.2 Å². The number of carbonyl (C=O) groups is 2. The number of anilines is 1. The summed E-state index contributed by atoms with van der Waals surface area (Å²) in [4.78, 5) is 22.5. The molecule has 2 N–H and O–H groups in total. The third-order valence-corrected chi connectivity index (χ3v) is 3.58. The molecule has 1 aromatic rings. The first-order valence-corrected chi connectivity index (χ1v) is 6.31. The molecular formula is C12H10Cl2N2O4. The highest BCUT2D eigenvalue weighted by atomic mass is 35.5. The molecule has 0 unspecified atom stereocenters. The van der Waals surface area contributed by atoms with Crippen molar-refractivity contribution in [3.8, 4) is 0 Å². The van der Waals surface area contributed by atoms with Crippen molar-refractivity contribution in [2.24, 2.45) is 5.10 Å². The third kappa shape index (κ3) is 2.32. The molecule has 1 heterocycles. The van der Waals surface area contributed by atoms with E-state index >= 15 is 0 Å². The standard InChI is InChI=1S/C12H10Cl2N2O4/c1-12(11(19)20)5-8(10(17)18)15-16(12)9-3-2-6(13)4-7(9)14/h2-4H,5H2,1H3,(H,17,18)(H,19,20)/t12-/m1/s1. The van der Waals surface area contributed by atoms with Crippen molar-refractivity contribution in [1.82, 2.24) is 0 Å². The summed E-state index contributed by atoms with van der Waals surface area (Å²) >= 11 is 11.8. The van der Waals surface area contributed by atoms with Gasteiger partial charge in [0.15, 0.2) is 5.54 Å². The van der Waals surface area contributed by atoms with Crippen LogP contribution in [0, 0.1) is 0 Å². The van der Waals surface area contributed by atoms with E-state index in [4.69, 9.17) is 28.3 Å². The lowest BCUT2D eigenvalue weighted by Gasteiger charge is -2.30. The fourth-order valence-electron chi connectivity index (χ4n) is 1.92. The van der Waals surface area contributed by atoms with Crippen molar-refractivity contribution in [1.29, 1.82) is 0 Å². The Kier molecular flexibility index (Phi) is 3.62. The average molecular weight is 317 g/mol. The maximum Gasteiger partial charge on any atom is 0.352 e. The van der Waals surface area contributed by atoms with Crippen LogP contribution in [0.3, 0.4) is 0 Å². The van der Waals surface area contributed by atoms with Crippen LogP contribution in [0.2, 0.25) is 10.0 Å². The van der Waals surface area contributed by atoms with Crippen LogP contribution in [-0.4, -0.2) is 33.4 Å². The van der Waals surface area contributed by atoms with Crippen LogP contribution in [0.15, 0.2) is 23.3 Å². The van der Waals surface area contributed by atoms with Gasteiger partial charge in [-0.25, -0.2) is 14.6 Å². The second-order valence-electron chi connectivity index (χ2n) is 4.52. The first-order chi connectivity index (χ1) is 9.25. The first-order valence-electron chi connectivity index (χ1n) is 5.55. The van der Waals surface area contributed by atoms with Crippen molar-refractivity contribution in [2.75, 3.05) is 5.01 Å². The van der Waals surface area contributed by atoms with Crippen LogP contribution in [0.1, 0.15) is 13.3 Å². The number of carboxylic acid groups (broad SMARTS) is 2. The Morgan fingerprint density at radius 3 is 2.50 bits per heavy atom. The Balaban J connectivity index is 2.55. The molecule has 0 saturated carbocycles. The van der Waals surface area contributed by atoms with Crippen LogP contribution in [-0.2, 0) is 9.59 Å². The van der Waals surface area contributed by atoms with Gasteiger partial charge in [0.2, 0.25) is 0 Å². The van der Waals surface area contributed by atoms with Gasteiger partial charge in [0.05, 0.1) is 10.7 Å². The van der Waals surface area contributed by atoms with Crippen LogP contribution in [0.25, 0.3) is 0 Å². The van der Waals surface area contributed by atoms with Gasteiger partial charge in [-0.3, -0.25) is 0 Å². The fraction of sp³-hybridized carbons (Fsp3) is 0.250. The summed E-state index contributed by atoms with van der Waals surface area (Å²) in [6, 6.07) is 4.47. The molecule has 106 valence electrons. The Morgan fingerprint density at radius 1 is 1.35 bits per heavy atom. The molecule has 0 radical (unpaired) electrons. The minimum atomic E-state index is -1.51. The van der Waals surface area contributed by atoms with E-state index in [1.807, 2.05) is 0 Å². The van der Waals surface area contributed by atoms with Crippen molar-refractivity contribution in [2.45, 2.75) is 18.9 Å². The minimum Gasteiger partial charge on any atom is -0.479 e. The maximum atomic E-state index is 11.5. The predicted molar refractivity (Wildman–Crippen MR) is 74.7 cm³/mol. The molecule has 0 fully saturated rings. The van der Waals surface area contributed by atoms with E-state index in [9.17, 15) is 14.7 Å². The summed E-state index contributed by atoms with van der Waals surface area (Å²) in [7, 11) is 0. The van der Waals surface area contributed by atoms with Gasteiger partial charge in [-0.15, -0.1) is 0 Å². The summed E-state index contributed by atoms with van der Waals surface area (Å²) in [6.45, 7) is 1.39. The second kappa shape index (κ2) is 4.96. The van der Waals surface area contributed by atoms with Gasteiger partial charge in [0.1, 0.15) is 5.71 Å². The quantitative estimate of drug-likeness (QED) is 0.894. The number of hydrazone groups is 1. The predicted octanol–water partition coefficient (Wildman–Crippen LogP) is 2.49. The first kappa shape index (κ1) is 14.6. The fourth-order valence-corrected chi connectivity index (χ4v) is 2.41. The summed E-state index contributed by atoms with van der Waals surface area (Å²) in [5, 5.41) is 23.9. The van der Waals surface area contributed by atoms with Gasteiger partial charge in [0.25, 0.3) is 0 Å². The Morgan fingerprint density at radius 2 is 2.00 bits per heavy atom. The molecule has 1 aliphatic rings. The lowest BCUT2D eigenvalue weighted by atomic mass is 9.95. The summed E-state index contributed by atoms with van der Waals surface area (Å²) in [5.41, 5.74) is -1.45. The molecule has 1 atom stereocenters. The SMILES string of the molecule is C[C@]1(C(=O)O)CC(C(=O)O)=NN1c1ccc(Cl)cc1Cl. The number of rotatable bonds is 3. The molecule has 2 rings (SSSR count). The smallest absolute Gasteiger partial charge is 0.352 e. The highest BCUT2D eigenvalue weighted by Crippen LogP contribution is 2.38. The minimum absolute atomic E-state index is 0.195. The van der Waals surface area contributed by atoms with Crippen LogP contribution in [0.4, 0.5) is 5.69 Å². The number of aliphatic carboxylic acids is 2. The zero-order chi connectivity index (χ0) is 15.1. The number of nitrogens with zero attached hydrogens (tertiary/aromatic N) is 2. The lowest BCUT2D eigenvalue weighted by molar-refractivity contribution is -0.142. The number of hydrogen-bond acceptors (Lipinski definition) is 4. The molecule has 0 aromatic heterocycles. The molecule has 0 aliphatic carbocycles. The lowest BCUT2D eigenvalue weighted by Crippen LogP contribution is -2.47. The van der Waals surface area contributed by atoms with E-state index < -0.39 is 17.5 Å². The zero-order valence-electron chi connectivity index (χ0n) is 10.3. The molecule has 0 amide bonds. The van der Waals surface area contributed by atoms with E-state index in [0.717, 1.165) is 5.01 Å². The van der Waals surface area contributed by atoms with Crippen LogP contribution in [0.5, 0.6) is 0 Å². The average Bonchev–Trinajstić information content (AvgIpc) is 2.69. The van der Waals surface area contributed by atoms with E-state index in [1.165, 1.54) is 25.1 Å². The van der Waals surface area contributed by atoms with E-state index in [1.54, 1.807) is 0 Å². The van der Waals surface area contributed by atoms with Crippen LogP contribution >= 0.6 is 23.2 Å². The van der Waals surface area contributed by atoms with Gasteiger partial charge in [-0.2, -0.15) is 5.10 Å². The molecule has 0 spiro atoms. The second-order valence-corrected chi connectivity index (χ2v) is 5.36. The summed E-state index contributed by atoms with van der Waals surface area (Å²) in [6.07, 6.45) is -0.226. The molecular weight excluding hydrogens is 307 g/mol. The molecule has 1 aromatic carbocycles. The number of carboxylic acids is 2. The molecule has 0 bridgehead atoms. The summed E-state index contributed by atoms with van der Waals surface area (Å²) in [5.74, 6) is -2.45. The number of hydrogen-bond donors (Lipinski definition) is 2. The zero-order valence-corrected chi connectivity index (χ0v) is 11.8.